The van der Waals surface area contributed by atoms with Crippen molar-refractivity contribution in [2.24, 2.45) is 0 Å². The Morgan fingerprint density at radius 1 is 1.32 bits per heavy atom. The fourth-order valence-corrected chi connectivity index (χ4v) is 2.55. The van der Waals surface area contributed by atoms with Crippen LogP contribution in [0.1, 0.15) is 26.7 Å². The van der Waals surface area contributed by atoms with Crippen molar-refractivity contribution in [1.29, 1.82) is 0 Å². The average Bonchev–Trinajstić information content (AvgIpc) is 2.52. The van der Waals surface area contributed by atoms with Crippen molar-refractivity contribution in [3.8, 4) is 11.5 Å². The van der Waals surface area contributed by atoms with Gasteiger partial charge in [0.15, 0.2) is 0 Å². The number of nitrogens with zero attached hydrogens (tertiary/aromatic N) is 1. The van der Waals surface area contributed by atoms with E-state index in [2.05, 4.69) is 5.32 Å². The van der Waals surface area contributed by atoms with Gasteiger partial charge in [0.1, 0.15) is 17.0 Å². The van der Waals surface area contributed by atoms with Crippen molar-refractivity contribution in [3.05, 3.63) is 18.2 Å². The van der Waals surface area contributed by atoms with Crippen molar-refractivity contribution in [3.63, 3.8) is 0 Å². The van der Waals surface area contributed by atoms with E-state index in [1.165, 1.54) is 7.11 Å². The van der Waals surface area contributed by atoms with E-state index in [0.29, 0.717) is 36.6 Å². The first-order valence-corrected chi connectivity index (χ1v) is 7.30. The maximum Gasteiger partial charge on any atom is 0.250 e. The molecule has 0 bridgehead atoms. The minimum Gasteiger partial charge on any atom is -0.497 e. The maximum absolute atomic E-state index is 12.6. The number of anilines is 1. The Morgan fingerprint density at radius 3 is 2.55 bits per heavy atom. The van der Waals surface area contributed by atoms with Gasteiger partial charge in [-0.05, 0) is 25.5 Å². The summed E-state index contributed by atoms with van der Waals surface area (Å²) >= 11 is 0. The summed E-state index contributed by atoms with van der Waals surface area (Å²) < 4.78 is 10.4. The third-order valence-electron chi connectivity index (χ3n) is 4.17. The van der Waals surface area contributed by atoms with Crippen LogP contribution in [0.15, 0.2) is 18.2 Å². The minimum absolute atomic E-state index is 0.0125. The summed E-state index contributed by atoms with van der Waals surface area (Å²) in [6, 6.07) is 5.18. The summed E-state index contributed by atoms with van der Waals surface area (Å²) in [6.45, 7) is 4.20. The van der Waals surface area contributed by atoms with Crippen molar-refractivity contribution in [2.75, 3.05) is 26.1 Å². The third kappa shape index (κ3) is 2.73. The number of likely N-dealkylation sites (tertiary alicyclic amines) is 1. The quantitative estimate of drug-likeness (QED) is 0.904. The average molecular weight is 306 g/mol. The Bertz CT molecular complexity index is 588. The van der Waals surface area contributed by atoms with Crippen LogP contribution in [0.4, 0.5) is 5.69 Å². The van der Waals surface area contributed by atoms with Crippen molar-refractivity contribution < 1.29 is 19.1 Å². The highest BCUT2D eigenvalue weighted by atomic mass is 16.5. The molecule has 1 N–H and O–H groups in total. The second kappa shape index (κ2) is 6.25. The van der Waals surface area contributed by atoms with Crippen LogP contribution in [0.3, 0.4) is 0 Å². The molecule has 6 heteroatoms. The lowest BCUT2D eigenvalue weighted by Crippen LogP contribution is -2.66. The van der Waals surface area contributed by atoms with E-state index >= 15 is 0 Å². The molecule has 1 atom stereocenters. The van der Waals surface area contributed by atoms with Crippen molar-refractivity contribution >= 4 is 17.5 Å². The number of amides is 2. The molecule has 1 aliphatic rings. The first-order chi connectivity index (χ1) is 10.5. The standard InChI is InChI=1S/C16H22N2O4/c1-5-14(19)18-9-8-16(18,2)15(20)17-12-10-11(21-3)6-7-13(12)22-4/h6-7,10H,5,8-9H2,1-4H3,(H,17,20). The fraction of sp³-hybridized carbons (Fsp3) is 0.500. The molecule has 0 radical (unpaired) electrons. The van der Waals surface area contributed by atoms with Gasteiger partial charge >= 0.3 is 0 Å². The van der Waals surface area contributed by atoms with E-state index in [0.717, 1.165) is 0 Å². The van der Waals surface area contributed by atoms with Gasteiger partial charge in [0.2, 0.25) is 11.8 Å². The molecule has 22 heavy (non-hydrogen) atoms. The highest BCUT2D eigenvalue weighted by molar-refractivity contribution is 6.02. The summed E-state index contributed by atoms with van der Waals surface area (Å²) in [7, 11) is 3.09. The van der Waals surface area contributed by atoms with Gasteiger partial charge in [0, 0.05) is 19.0 Å². The Balaban J connectivity index is 2.20. The van der Waals surface area contributed by atoms with E-state index in [9.17, 15) is 9.59 Å². The SMILES string of the molecule is CCC(=O)N1CCC1(C)C(=O)Nc1cc(OC)ccc1OC. The van der Waals surface area contributed by atoms with Gasteiger partial charge in [-0.3, -0.25) is 9.59 Å². The number of rotatable bonds is 5. The predicted molar refractivity (Wildman–Crippen MR) is 83.2 cm³/mol. The van der Waals surface area contributed by atoms with Gasteiger partial charge in [0.25, 0.3) is 0 Å². The lowest BCUT2D eigenvalue weighted by Gasteiger charge is -2.49. The highest BCUT2D eigenvalue weighted by Crippen LogP contribution is 2.35. The van der Waals surface area contributed by atoms with Gasteiger partial charge in [-0.1, -0.05) is 6.92 Å². The number of carbonyl (C=O) groups is 2. The normalized spacial score (nSPS) is 20.1. The molecule has 0 aliphatic carbocycles. The molecule has 6 nitrogen and oxygen atoms in total. The van der Waals surface area contributed by atoms with Crippen molar-refractivity contribution in [1.82, 2.24) is 4.90 Å². The van der Waals surface area contributed by atoms with Crippen LogP contribution in [-0.4, -0.2) is 43.0 Å². The Hall–Kier alpha value is -2.24. The zero-order valence-electron chi connectivity index (χ0n) is 13.4. The second-order valence-electron chi connectivity index (χ2n) is 5.44. The molecule has 2 rings (SSSR count). The first-order valence-electron chi connectivity index (χ1n) is 7.30. The molecule has 1 unspecified atom stereocenters. The molecule has 0 spiro atoms. The van der Waals surface area contributed by atoms with Crippen LogP contribution < -0.4 is 14.8 Å². The lowest BCUT2D eigenvalue weighted by atomic mass is 9.85. The van der Waals surface area contributed by atoms with Crippen LogP contribution >= 0.6 is 0 Å². The number of ether oxygens (including phenoxy) is 2. The summed E-state index contributed by atoms with van der Waals surface area (Å²) in [4.78, 5) is 26.1. The molecule has 1 aromatic carbocycles. The topological polar surface area (TPSA) is 67.9 Å². The second-order valence-corrected chi connectivity index (χ2v) is 5.44. The molecule has 1 heterocycles. The van der Waals surface area contributed by atoms with Crippen molar-refractivity contribution in [2.45, 2.75) is 32.2 Å². The summed E-state index contributed by atoms with van der Waals surface area (Å²) in [5.74, 6) is 0.940. The summed E-state index contributed by atoms with van der Waals surface area (Å²) in [5, 5.41) is 2.85. The largest absolute Gasteiger partial charge is 0.497 e. The van der Waals surface area contributed by atoms with Crippen LogP contribution in [0.2, 0.25) is 0 Å². The number of methoxy groups -OCH3 is 2. The van der Waals surface area contributed by atoms with E-state index in [4.69, 9.17) is 9.47 Å². The highest BCUT2D eigenvalue weighted by Gasteiger charge is 2.49. The minimum atomic E-state index is -0.804. The fourth-order valence-electron chi connectivity index (χ4n) is 2.55. The molecule has 1 aliphatic heterocycles. The molecule has 120 valence electrons. The Labute approximate surface area is 130 Å². The molecule has 1 saturated heterocycles. The molecule has 0 aromatic heterocycles. The molecule has 1 fully saturated rings. The number of hydrogen-bond donors (Lipinski definition) is 1. The van der Waals surface area contributed by atoms with E-state index in [-0.39, 0.29) is 11.8 Å². The van der Waals surface area contributed by atoms with Crippen LogP contribution in [-0.2, 0) is 9.59 Å². The molecule has 1 aromatic rings. The zero-order valence-corrected chi connectivity index (χ0v) is 13.4. The van der Waals surface area contributed by atoms with Gasteiger partial charge in [-0.2, -0.15) is 0 Å². The first kappa shape index (κ1) is 16.1. The predicted octanol–water partition coefficient (Wildman–Crippen LogP) is 2.04. The lowest BCUT2D eigenvalue weighted by molar-refractivity contribution is -0.154. The van der Waals surface area contributed by atoms with Crippen LogP contribution in [0, 0.1) is 0 Å². The maximum atomic E-state index is 12.6. The van der Waals surface area contributed by atoms with E-state index in [1.807, 2.05) is 0 Å². The monoisotopic (exact) mass is 306 g/mol. The molecule has 2 amide bonds. The molecule has 0 saturated carbocycles. The Kier molecular flexibility index (Phi) is 4.59. The number of hydrogen-bond acceptors (Lipinski definition) is 4. The van der Waals surface area contributed by atoms with E-state index in [1.54, 1.807) is 44.1 Å². The Morgan fingerprint density at radius 2 is 2.05 bits per heavy atom. The summed E-state index contributed by atoms with van der Waals surface area (Å²) in [5.41, 5.74) is -0.273. The van der Waals surface area contributed by atoms with Crippen LogP contribution in [0.5, 0.6) is 11.5 Å². The van der Waals surface area contributed by atoms with Crippen LogP contribution in [0.25, 0.3) is 0 Å². The number of nitrogens with one attached hydrogen (secondary N) is 1. The zero-order chi connectivity index (χ0) is 16.3. The van der Waals surface area contributed by atoms with Gasteiger partial charge in [0.05, 0.1) is 19.9 Å². The molecular weight excluding hydrogens is 284 g/mol. The van der Waals surface area contributed by atoms with Gasteiger partial charge in [-0.15, -0.1) is 0 Å². The smallest absolute Gasteiger partial charge is 0.250 e. The molecular formula is C16H22N2O4. The number of carbonyl (C=O) groups excluding carboxylic acids is 2. The van der Waals surface area contributed by atoms with Gasteiger partial charge in [-0.25, -0.2) is 0 Å². The van der Waals surface area contributed by atoms with E-state index < -0.39 is 5.54 Å². The third-order valence-corrected chi connectivity index (χ3v) is 4.17. The number of benzene rings is 1. The summed E-state index contributed by atoms with van der Waals surface area (Å²) in [6.07, 6.45) is 1.04. The van der Waals surface area contributed by atoms with Gasteiger partial charge < -0.3 is 19.7 Å².